The number of ether oxygens (including phenoxy) is 2. The maximum Gasteiger partial charge on any atom is 0.311 e. The number of carbonyl (C=O) groups is 3. The Hall–Kier alpha value is -3.06. The Balaban J connectivity index is 1.50. The molecule has 29 heavy (non-hydrogen) atoms. The maximum atomic E-state index is 12.3. The fraction of sp³-hybridized carbons (Fsp3) is 0.286. The van der Waals surface area contributed by atoms with Gasteiger partial charge >= 0.3 is 5.97 Å². The summed E-state index contributed by atoms with van der Waals surface area (Å²) in [7, 11) is 1.50. The molecule has 2 amide bonds. The topological polar surface area (TPSA) is 84.9 Å². The Morgan fingerprint density at radius 2 is 1.90 bits per heavy atom. The van der Waals surface area contributed by atoms with Gasteiger partial charge in [0.25, 0.3) is 5.91 Å². The van der Waals surface area contributed by atoms with Crippen LogP contribution in [-0.4, -0.2) is 42.9 Å². The number of benzene rings is 2. The minimum atomic E-state index is -0.607. The number of anilines is 1. The molecular weight excluding hydrogens is 396 g/mol. The SMILES string of the molecule is COc1ccccc1NC(=O)COC(=O)[C@@H]1CC(=O)N(Cc2ccccc2Cl)C1. The lowest BCUT2D eigenvalue weighted by molar-refractivity contribution is -0.151. The molecular formula is C21H21ClN2O5. The predicted octanol–water partition coefficient (Wildman–Crippen LogP) is 2.88. The third-order valence-electron chi connectivity index (χ3n) is 4.59. The Morgan fingerprint density at radius 3 is 2.66 bits per heavy atom. The second-order valence-corrected chi connectivity index (χ2v) is 7.03. The van der Waals surface area contributed by atoms with Crippen molar-refractivity contribution in [3.63, 3.8) is 0 Å². The Labute approximate surface area is 173 Å². The molecule has 1 saturated heterocycles. The maximum absolute atomic E-state index is 12.3. The van der Waals surface area contributed by atoms with Gasteiger partial charge in [-0.15, -0.1) is 0 Å². The number of rotatable bonds is 7. The first-order valence-electron chi connectivity index (χ1n) is 9.08. The number of halogens is 1. The van der Waals surface area contributed by atoms with Crippen LogP contribution in [0, 0.1) is 5.92 Å². The van der Waals surface area contributed by atoms with E-state index in [9.17, 15) is 14.4 Å². The highest BCUT2D eigenvalue weighted by atomic mass is 35.5. The number of nitrogens with one attached hydrogen (secondary N) is 1. The van der Waals surface area contributed by atoms with E-state index < -0.39 is 24.4 Å². The normalized spacial score (nSPS) is 15.9. The van der Waals surface area contributed by atoms with E-state index in [1.54, 1.807) is 35.2 Å². The average Bonchev–Trinajstić information content (AvgIpc) is 3.09. The van der Waals surface area contributed by atoms with Crippen LogP contribution in [-0.2, 0) is 25.7 Å². The molecule has 1 N–H and O–H groups in total. The summed E-state index contributed by atoms with van der Waals surface area (Å²) in [5, 5.41) is 3.20. The standard InChI is InChI=1S/C21H21ClN2O5/c1-28-18-9-5-4-8-17(18)23-19(25)13-29-21(27)15-10-20(26)24(12-15)11-14-6-2-3-7-16(14)22/h2-9,15H,10-13H2,1H3,(H,23,25)/t15-/m1/s1. The molecule has 1 aliphatic rings. The molecule has 1 heterocycles. The summed E-state index contributed by atoms with van der Waals surface area (Å²) in [5.74, 6) is -1.31. The van der Waals surface area contributed by atoms with Crippen LogP contribution in [0.25, 0.3) is 0 Å². The Bertz CT molecular complexity index is 917. The average molecular weight is 417 g/mol. The van der Waals surface area contributed by atoms with Gasteiger partial charge in [-0.25, -0.2) is 0 Å². The number of amides is 2. The van der Waals surface area contributed by atoms with E-state index in [1.165, 1.54) is 7.11 Å². The number of esters is 1. The van der Waals surface area contributed by atoms with E-state index in [0.717, 1.165) is 5.56 Å². The minimum absolute atomic E-state index is 0.0530. The molecule has 0 aromatic heterocycles. The number of hydrogen-bond donors (Lipinski definition) is 1. The van der Waals surface area contributed by atoms with E-state index >= 15 is 0 Å². The fourth-order valence-corrected chi connectivity index (χ4v) is 3.30. The third kappa shape index (κ3) is 5.26. The lowest BCUT2D eigenvalue weighted by Crippen LogP contribution is -2.28. The number of nitrogens with zero attached hydrogens (tertiary/aromatic N) is 1. The van der Waals surface area contributed by atoms with Gasteiger partial charge in [-0.05, 0) is 23.8 Å². The highest BCUT2D eigenvalue weighted by Crippen LogP contribution is 2.25. The molecule has 8 heteroatoms. The number of carbonyl (C=O) groups excluding carboxylic acids is 3. The first-order chi connectivity index (χ1) is 14.0. The summed E-state index contributed by atoms with van der Waals surface area (Å²) in [6.45, 7) is 0.125. The van der Waals surface area contributed by atoms with Crippen molar-refractivity contribution in [2.45, 2.75) is 13.0 Å². The van der Waals surface area contributed by atoms with Crippen LogP contribution < -0.4 is 10.1 Å². The first-order valence-corrected chi connectivity index (χ1v) is 9.46. The van der Waals surface area contributed by atoms with E-state index in [4.69, 9.17) is 21.1 Å². The van der Waals surface area contributed by atoms with Crippen LogP contribution in [0.2, 0.25) is 5.02 Å². The van der Waals surface area contributed by atoms with Crippen molar-refractivity contribution in [2.75, 3.05) is 25.6 Å². The van der Waals surface area contributed by atoms with Crippen LogP contribution in [0.15, 0.2) is 48.5 Å². The van der Waals surface area contributed by atoms with Crippen LogP contribution in [0.5, 0.6) is 5.75 Å². The number of likely N-dealkylation sites (tertiary alicyclic amines) is 1. The third-order valence-corrected chi connectivity index (χ3v) is 4.96. The molecule has 0 unspecified atom stereocenters. The summed E-state index contributed by atoms with van der Waals surface area (Å²) in [6, 6.07) is 14.2. The zero-order valence-electron chi connectivity index (χ0n) is 15.9. The summed E-state index contributed by atoms with van der Waals surface area (Å²) < 4.78 is 10.3. The number of para-hydroxylation sites is 2. The molecule has 1 aliphatic heterocycles. The Kier molecular flexibility index (Phi) is 6.72. The molecule has 0 spiro atoms. The van der Waals surface area contributed by atoms with Crippen molar-refractivity contribution in [3.05, 3.63) is 59.1 Å². The molecule has 3 rings (SSSR count). The second kappa shape index (κ2) is 9.43. The smallest absolute Gasteiger partial charge is 0.311 e. The molecule has 152 valence electrons. The van der Waals surface area contributed by atoms with Gasteiger partial charge in [0.2, 0.25) is 5.91 Å². The lowest BCUT2D eigenvalue weighted by atomic mass is 10.1. The van der Waals surface area contributed by atoms with Gasteiger partial charge in [-0.2, -0.15) is 0 Å². The molecule has 7 nitrogen and oxygen atoms in total. The van der Waals surface area contributed by atoms with Crippen molar-refractivity contribution >= 4 is 35.1 Å². The van der Waals surface area contributed by atoms with Gasteiger partial charge in [-0.3, -0.25) is 14.4 Å². The van der Waals surface area contributed by atoms with E-state index in [0.29, 0.717) is 23.0 Å². The minimum Gasteiger partial charge on any atom is -0.495 e. The van der Waals surface area contributed by atoms with Gasteiger partial charge in [0.15, 0.2) is 6.61 Å². The predicted molar refractivity (Wildman–Crippen MR) is 108 cm³/mol. The molecule has 0 bridgehead atoms. The summed E-state index contributed by atoms with van der Waals surface area (Å²) in [5.41, 5.74) is 1.30. The van der Waals surface area contributed by atoms with Crippen LogP contribution in [0.1, 0.15) is 12.0 Å². The van der Waals surface area contributed by atoms with Gasteiger partial charge in [0.05, 0.1) is 18.7 Å². The lowest BCUT2D eigenvalue weighted by Gasteiger charge is -2.17. The largest absolute Gasteiger partial charge is 0.495 e. The van der Waals surface area contributed by atoms with Gasteiger partial charge in [0.1, 0.15) is 5.75 Å². The van der Waals surface area contributed by atoms with Crippen molar-refractivity contribution in [2.24, 2.45) is 5.92 Å². The van der Waals surface area contributed by atoms with Crippen LogP contribution >= 0.6 is 11.6 Å². The highest BCUT2D eigenvalue weighted by molar-refractivity contribution is 6.31. The summed E-state index contributed by atoms with van der Waals surface area (Å²) in [4.78, 5) is 38.2. The van der Waals surface area contributed by atoms with Gasteiger partial charge in [0, 0.05) is 24.5 Å². The van der Waals surface area contributed by atoms with Gasteiger partial charge < -0.3 is 19.7 Å². The molecule has 0 saturated carbocycles. The molecule has 2 aromatic rings. The summed E-state index contributed by atoms with van der Waals surface area (Å²) >= 11 is 6.14. The monoisotopic (exact) mass is 416 g/mol. The van der Waals surface area contributed by atoms with E-state index in [1.807, 2.05) is 18.2 Å². The number of hydrogen-bond acceptors (Lipinski definition) is 5. The zero-order chi connectivity index (χ0) is 20.8. The molecule has 2 aromatic carbocycles. The van der Waals surface area contributed by atoms with Crippen molar-refractivity contribution in [1.82, 2.24) is 4.90 Å². The summed E-state index contributed by atoms with van der Waals surface area (Å²) in [6.07, 6.45) is 0.0530. The zero-order valence-corrected chi connectivity index (χ0v) is 16.6. The quantitative estimate of drug-likeness (QED) is 0.701. The Morgan fingerprint density at radius 1 is 1.17 bits per heavy atom. The van der Waals surface area contributed by atoms with E-state index in [2.05, 4.69) is 5.32 Å². The van der Waals surface area contributed by atoms with Crippen LogP contribution in [0.3, 0.4) is 0 Å². The van der Waals surface area contributed by atoms with Crippen molar-refractivity contribution < 1.29 is 23.9 Å². The molecule has 0 radical (unpaired) electrons. The van der Waals surface area contributed by atoms with E-state index in [-0.39, 0.29) is 18.9 Å². The number of methoxy groups -OCH3 is 1. The van der Waals surface area contributed by atoms with Crippen molar-refractivity contribution in [1.29, 1.82) is 0 Å². The molecule has 1 fully saturated rings. The van der Waals surface area contributed by atoms with Gasteiger partial charge in [-0.1, -0.05) is 41.9 Å². The van der Waals surface area contributed by atoms with Crippen molar-refractivity contribution in [3.8, 4) is 5.75 Å². The molecule has 1 atom stereocenters. The molecule has 0 aliphatic carbocycles. The fourth-order valence-electron chi connectivity index (χ4n) is 3.10. The highest BCUT2D eigenvalue weighted by Gasteiger charge is 2.35. The first kappa shape index (κ1) is 20.7. The second-order valence-electron chi connectivity index (χ2n) is 6.62. The van der Waals surface area contributed by atoms with Crippen LogP contribution in [0.4, 0.5) is 5.69 Å².